The quantitative estimate of drug-likeness (QED) is 0.102. The zero-order valence-corrected chi connectivity index (χ0v) is 35.0. The molecule has 1 saturated carbocycles. The molecule has 1 aromatic carbocycles. The number of anilines is 1. The number of nitrogens with zero attached hydrogens (tertiary/aromatic N) is 5. The van der Waals surface area contributed by atoms with Crippen LogP contribution >= 0.6 is 0 Å². The number of amides is 6. The summed E-state index contributed by atoms with van der Waals surface area (Å²) < 4.78 is 50.9. The molecule has 2 aliphatic heterocycles. The summed E-state index contributed by atoms with van der Waals surface area (Å²) >= 11 is 0. The predicted molar refractivity (Wildman–Crippen MR) is 220 cm³/mol. The zero-order valence-electron chi connectivity index (χ0n) is 35.0. The first-order valence-corrected chi connectivity index (χ1v) is 21.1. The topological polar surface area (TPSA) is 226 Å². The number of ether oxygens (including phenoxy) is 2. The number of rotatable bonds is 20. The van der Waals surface area contributed by atoms with Crippen molar-refractivity contribution in [3.05, 3.63) is 60.2 Å². The van der Waals surface area contributed by atoms with Gasteiger partial charge in [0.25, 0.3) is 0 Å². The van der Waals surface area contributed by atoms with E-state index in [9.17, 15) is 41.9 Å². The highest BCUT2D eigenvalue weighted by atomic mass is 19.4. The van der Waals surface area contributed by atoms with Crippen molar-refractivity contribution in [2.75, 3.05) is 71.5 Å². The van der Waals surface area contributed by atoms with Crippen molar-refractivity contribution in [3.63, 3.8) is 0 Å². The van der Waals surface area contributed by atoms with E-state index in [1.54, 1.807) is 30.4 Å². The second kappa shape index (κ2) is 21.9. The summed E-state index contributed by atoms with van der Waals surface area (Å²) in [5.74, 6) is -2.14. The normalized spacial score (nSPS) is 21.4. The number of likely N-dealkylation sites (tertiary alicyclic amines) is 2. The molecule has 3 aromatic rings. The molecule has 3 atom stereocenters. The van der Waals surface area contributed by atoms with Crippen molar-refractivity contribution in [2.45, 2.75) is 69.2 Å². The highest BCUT2D eigenvalue weighted by Gasteiger charge is 2.43. The molecular formula is C42H53F3N10O8. The summed E-state index contributed by atoms with van der Waals surface area (Å²) in [7, 11) is 1.64. The molecule has 0 unspecified atom stereocenters. The fourth-order valence-electron chi connectivity index (χ4n) is 8.09. The summed E-state index contributed by atoms with van der Waals surface area (Å²) in [5.41, 5.74) is 0.228. The molecule has 5 N–H and O–H groups in total. The number of halogens is 3. The Bertz CT molecular complexity index is 2090. The predicted octanol–water partition coefficient (Wildman–Crippen LogP) is 1.72. The lowest BCUT2D eigenvalue weighted by atomic mass is 9.85. The molecule has 3 fully saturated rings. The number of hydrogen-bond acceptors (Lipinski definition) is 12. The average molecular weight is 883 g/mol. The molecule has 0 bridgehead atoms. The number of nitrogens with one attached hydrogen (secondary N) is 5. The Balaban J connectivity index is 0.763. The van der Waals surface area contributed by atoms with E-state index in [1.165, 1.54) is 17.3 Å². The Morgan fingerprint density at radius 2 is 1.65 bits per heavy atom. The van der Waals surface area contributed by atoms with E-state index in [0.29, 0.717) is 44.2 Å². The highest BCUT2D eigenvalue weighted by molar-refractivity contribution is 5.94. The largest absolute Gasteiger partial charge is 0.416 e. The number of aromatic nitrogens is 3. The molecule has 1 aliphatic carbocycles. The lowest BCUT2D eigenvalue weighted by Gasteiger charge is -2.28. The Morgan fingerprint density at radius 3 is 2.40 bits per heavy atom. The molecule has 63 heavy (non-hydrogen) atoms. The van der Waals surface area contributed by atoms with Crippen molar-refractivity contribution >= 4 is 52.2 Å². The minimum Gasteiger partial charge on any atom is -0.379 e. The Kier molecular flexibility index (Phi) is 16.2. The molecule has 0 radical (unpaired) electrons. The molecule has 6 rings (SSSR count). The Hall–Kier alpha value is -5.96. The number of fused-ring (bicyclic) bond motifs is 1. The van der Waals surface area contributed by atoms with Gasteiger partial charge in [-0.3, -0.25) is 33.8 Å². The second-order valence-corrected chi connectivity index (χ2v) is 15.8. The van der Waals surface area contributed by atoms with Crippen LogP contribution in [0, 0.1) is 11.8 Å². The van der Waals surface area contributed by atoms with E-state index < -0.39 is 35.6 Å². The van der Waals surface area contributed by atoms with Gasteiger partial charge >= 0.3 is 6.18 Å². The molecular weight excluding hydrogens is 830 g/mol. The minimum absolute atomic E-state index is 0.0455. The monoisotopic (exact) mass is 882 g/mol. The van der Waals surface area contributed by atoms with Crippen molar-refractivity contribution in [3.8, 4) is 0 Å². The number of benzene rings is 1. The standard InChI is InChI=1S/C42H53F3N10O8/c1-54-36(58)22-31(37(54)27-3-2-12-46-23-27)40(60)49-24-35(57)47-14-18-63-20-19-62-17-11-34(56)52-29-7-4-26(5-8-29)39(59)48-13-16-55-15-10-33(41(55)61)53-38-30-21-28(42(43,44)45)6-9-32(30)50-25-51-38/h2-3,6,9,12,21,23,25-26,29,31,33,37H,4-5,7-8,10-11,13-20,22,24H2,1H3,(H,47,57)(H,48,59)(H,49,60)(H,52,56)(H,50,51,53)/t26?,29?,31-,33-,37+/m0/s1. The number of carbonyl (C=O) groups excluding carboxylic acids is 6. The number of pyridine rings is 1. The van der Waals surface area contributed by atoms with Gasteiger partial charge in [0.2, 0.25) is 35.4 Å². The summed E-state index contributed by atoms with van der Waals surface area (Å²) in [5, 5.41) is 14.4. The SMILES string of the molecule is CN1C(=O)C[C@H](C(=O)NCC(=O)NCCOCCOCCC(=O)NC2CCC(C(=O)NCCN3CC[C@H](Nc4ncnc5ccc(C(F)(F)F)cc45)C3=O)CC2)[C@H]1c1cccnc1. The second-order valence-electron chi connectivity index (χ2n) is 15.8. The van der Waals surface area contributed by atoms with Gasteiger partial charge in [-0.2, -0.15) is 13.2 Å². The van der Waals surface area contributed by atoms with E-state index in [1.807, 2.05) is 6.07 Å². The van der Waals surface area contributed by atoms with Gasteiger partial charge in [-0.15, -0.1) is 0 Å². The summed E-state index contributed by atoms with van der Waals surface area (Å²) in [4.78, 5) is 91.3. The fourth-order valence-corrected chi connectivity index (χ4v) is 8.09. The zero-order chi connectivity index (χ0) is 44.9. The third kappa shape index (κ3) is 12.8. The Morgan fingerprint density at radius 1 is 0.873 bits per heavy atom. The van der Waals surface area contributed by atoms with Crippen LogP contribution in [-0.2, 0) is 44.4 Å². The van der Waals surface area contributed by atoms with E-state index in [0.717, 1.165) is 17.7 Å². The maximum absolute atomic E-state index is 13.3. The first-order valence-electron chi connectivity index (χ1n) is 21.1. The smallest absolute Gasteiger partial charge is 0.379 e. The third-order valence-electron chi connectivity index (χ3n) is 11.5. The van der Waals surface area contributed by atoms with Crippen molar-refractivity contribution in [2.24, 2.45) is 11.8 Å². The van der Waals surface area contributed by atoms with E-state index in [-0.39, 0.29) is 118 Å². The van der Waals surface area contributed by atoms with Crippen LogP contribution in [0.5, 0.6) is 0 Å². The van der Waals surface area contributed by atoms with Gasteiger partial charge in [-0.05, 0) is 61.9 Å². The molecule has 340 valence electrons. The van der Waals surface area contributed by atoms with Crippen molar-refractivity contribution in [1.82, 2.24) is 46.0 Å². The van der Waals surface area contributed by atoms with Gasteiger partial charge in [0.15, 0.2) is 0 Å². The molecule has 3 aliphatic rings. The number of alkyl halides is 3. The molecule has 18 nitrogen and oxygen atoms in total. The first kappa shape index (κ1) is 46.5. The van der Waals surface area contributed by atoms with Gasteiger partial charge in [0.05, 0.1) is 56.0 Å². The highest BCUT2D eigenvalue weighted by Crippen LogP contribution is 2.37. The molecule has 0 spiro atoms. The van der Waals surface area contributed by atoms with Crippen LogP contribution in [0.25, 0.3) is 10.9 Å². The first-order chi connectivity index (χ1) is 30.3. The number of hydrogen-bond donors (Lipinski definition) is 5. The average Bonchev–Trinajstić information content (AvgIpc) is 3.77. The van der Waals surface area contributed by atoms with Gasteiger partial charge in [-0.25, -0.2) is 9.97 Å². The molecule has 4 heterocycles. The third-order valence-corrected chi connectivity index (χ3v) is 11.5. The molecule has 2 saturated heterocycles. The Labute approximate surface area is 361 Å². The lowest BCUT2D eigenvalue weighted by Crippen LogP contribution is -2.43. The van der Waals surface area contributed by atoms with Gasteiger partial charge in [-0.1, -0.05) is 6.07 Å². The van der Waals surface area contributed by atoms with Gasteiger partial charge in [0.1, 0.15) is 18.2 Å². The van der Waals surface area contributed by atoms with Crippen LogP contribution in [0.2, 0.25) is 0 Å². The summed E-state index contributed by atoms with van der Waals surface area (Å²) in [6, 6.07) is 5.55. The van der Waals surface area contributed by atoms with Crippen molar-refractivity contribution < 1.29 is 51.4 Å². The van der Waals surface area contributed by atoms with Gasteiger partial charge < -0.3 is 45.9 Å². The van der Waals surface area contributed by atoms with Crippen LogP contribution < -0.4 is 26.6 Å². The van der Waals surface area contributed by atoms with Crippen LogP contribution in [0.1, 0.15) is 62.1 Å². The van der Waals surface area contributed by atoms with Crippen LogP contribution in [0.4, 0.5) is 19.0 Å². The maximum atomic E-state index is 13.3. The van der Waals surface area contributed by atoms with Crippen LogP contribution in [0.3, 0.4) is 0 Å². The van der Waals surface area contributed by atoms with E-state index >= 15 is 0 Å². The van der Waals surface area contributed by atoms with E-state index in [4.69, 9.17) is 9.47 Å². The molecule has 6 amide bonds. The summed E-state index contributed by atoms with van der Waals surface area (Å²) in [6.07, 6.45) is 3.05. The molecule has 21 heteroatoms. The van der Waals surface area contributed by atoms with Gasteiger partial charge in [0, 0.05) is 75.8 Å². The fraction of sp³-hybridized carbons (Fsp3) is 0.548. The molecule has 2 aromatic heterocycles. The summed E-state index contributed by atoms with van der Waals surface area (Å²) in [6.45, 7) is 1.86. The minimum atomic E-state index is -4.54. The van der Waals surface area contributed by atoms with Crippen molar-refractivity contribution in [1.29, 1.82) is 0 Å². The maximum Gasteiger partial charge on any atom is 0.416 e. The number of carbonyl (C=O) groups is 6. The van der Waals surface area contributed by atoms with Crippen LogP contribution in [-0.4, -0.2) is 138 Å². The van der Waals surface area contributed by atoms with E-state index in [2.05, 4.69) is 41.5 Å². The van der Waals surface area contributed by atoms with Crippen LogP contribution in [0.15, 0.2) is 49.1 Å². The lowest BCUT2D eigenvalue weighted by molar-refractivity contribution is -0.137.